The van der Waals surface area contributed by atoms with Gasteiger partial charge in [-0.25, -0.2) is 0 Å². The lowest BCUT2D eigenvalue weighted by Crippen LogP contribution is -1.98. The van der Waals surface area contributed by atoms with Crippen molar-refractivity contribution in [2.24, 2.45) is 5.92 Å². The summed E-state index contributed by atoms with van der Waals surface area (Å²) in [5.74, 6) is 0.765. The van der Waals surface area contributed by atoms with E-state index in [0.717, 1.165) is 5.92 Å². The minimum atomic E-state index is 0.765. The first-order valence-electron chi connectivity index (χ1n) is 4.40. The van der Waals surface area contributed by atoms with E-state index in [1.54, 1.807) is 0 Å². The topological polar surface area (TPSA) is 3.24 Å². The molecule has 0 aliphatic carbocycles. The van der Waals surface area contributed by atoms with Gasteiger partial charge in [-0.1, -0.05) is 25.5 Å². The van der Waals surface area contributed by atoms with E-state index in [1.807, 2.05) is 0 Å². The first-order valence-corrected chi connectivity index (χ1v) is 4.40. The van der Waals surface area contributed by atoms with Gasteiger partial charge >= 0.3 is 0 Å². The molecule has 0 saturated carbocycles. The van der Waals surface area contributed by atoms with Crippen molar-refractivity contribution in [1.82, 2.24) is 4.90 Å². The molecule has 0 fully saturated rings. The molecule has 1 atom stereocenters. The smallest absolute Gasteiger partial charge is 0.0106 e. The van der Waals surface area contributed by atoms with Gasteiger partial charge in [-0.05, 0) is 31.2 Å². The quantitative estimate of drug-likeness (QED) is 0.586. The second kappa shape index (κ2) is 4.22. The standard InChI is InChI=1S/C10H17N/c1-3-5-10-6-4-8-11(2)9-7-10/h4,7-10H,3,5-6H2,1-2H3. The molecule has 0 saturated heterocycles. The zero-order chi connectivity index (χ0) is 8.10. The number of allylic oxidation sites excluding steroid dienone is 2. The molecule has 1 nitrogen and oxygen atoms in total. The molecule has 0 aromatic carbocycles. The van der Waals surface area contributed by atoms with Crippen LogP contribution in [0.5, 0.6) is 0 Å². The summed E-state index contributed by atoms with van der Waals surface area (Å²) in [7, 11) is 2.07. The molecule has 1 aliphatic heterocycles. The molecule has 62 valence electrons. The van der Waals surface area contributed by atoms with Gasteiger partial charge in [0.2, 0.25) is 0 Å². The van der Waals surface area contributed by atoms with Gasteiger partial charge in [-0.2, -0.15) is 0 Å². The molecule has 0 aromatic heterocycles. The maximum absolute atomic E-state index is 2.31. The molecule has 0 N–H and O–H groups in total. The van der Waals surface area contributed by atoms with Crippen molar-refractivity contribution in [3.05, 3.63) is 24.6 Å². The number of rotatable bonds is 2. The van der Waals surface area contributed by atoms with Crippen molar-refractivity contribution < 1.29 is 0 Å². The third-order valence-electron chi connectivity index (χ3n) is 2.03. The molecule has 0 radical (unpaired) electrons. The molecule has 1 heteroatoms. The van der Waals surface area contributed by atoms with Crippen LogP contribution in [-0.4, -0.2) is 11.9 Å². The lowest BCUT2D eigenvalue weighted by Gasteiger charge is -2.06. The Bertz CT molecular complexity index is 158. The fourth-order valence-corrected chi connectivity index (χ4v) is 1.37. The van der Waals surface area contributed by atoms with Crippen LogP contribution in [0.1, 0.15) is 26.2 Å². The molecule has 1 rings (SSSR count). The maximum Gasteiger partial charge on any atom is 0.0106 e. The van der Waals surface area contributed by atoms with Crippen LogP contribution < -0.4 is 0 Å². The molecule has 11 heavy (non-hydrogen) atoms. The van der Waals surface area contributed by atoms with E-state index in [9.17, 15) is 0 Å². The zero-order valence-electron chi connectivity index (χ0n) is 7.46. The lowest BCUT2D eigenvalue weighted by molar-refractivity contribution is 0.584. The summed E-state index contributed by atoms with van der Waals surface area (Å²) < 4.78 is 0. The first-order chi connectivity index (χ1) is 5.33. The van der Waals surface area contributed by atoms with E-state index in [0.29, 0.717) is 0 Å². The van der Waals surface area contributed by atoms with Crippen molar-refractivity contribution in [1.29, 1.82) is 0 Å². The SMILES string of the molecule is CCCC1C=CN(C)C=CC1. The highest BCUT2D eigenvalue weighted by Crippen LogP contribution is 2.16. The normalized spacial score (nSPS) is 23.8. The van der Waals surface area contributed by atoms with Crippen LogP contribution in [0.3, 0.4) is 0 Å². The average Bonchev–Trinajstić information content (AvgIpc) is 2.17. The van der Waals surface area contributed by atoms with E-state index in [2.05, 4.69) is 43.4 Å². The van der Waals surface area contributed by atoms with E-state index in [4.69, 9.17) is 0 Å². The highest BCUT2D eigenvalue weighted by atomic mass is 15.0. The van der Waals surface area contributed by atoms with Gasteiger partial charge in [-0.3, -0.25) is 0 Å². The molecule has 1 unspecified atom stereocenters. The van der Waals surface area contributed by atoms with Crippen molar-refractivity contribution >= 4 is 0 Å². The Morgan fingerprint density at radius 2 is 2.27 bits per heavy atom. The summed E-state index contributed by atoms with van der Waals surface area (Å²) in [5.41, 5.74) is 0. The van der Waals surface area contributed by atoms with Crippen LogP contribution in [-0.2, 0) is 0 Å². The van der Waals surface area contributed by atoms with Crippen LogP contribution in [0.15, 0.2) is 24.6 Å². The molecule has 0 bridgehead atoms. The predicted molar refractivity (Wildman–Crippen MR) is 49.1 cm³/mol. The minimum absolute atomic E-state index is 0.765. The van der Waals surface area contributed by atoms with Crippen LogP contribution in [0.4, 0.5) is 0 Å². The third kappa shape index (κ3) is 2.79. The summed E-state index contributed by atoms with van der Waals surface area (Å²) in [6, 6.07) is 0. The van der Waals surface area contributed by atoms with Crippen molar-refractivity contribution in [2.45, 2.75) is 26.2 Å². The van der Waals surface area contributed by atoms with Crippen molar-refractivity contribution in [3.63, 3.8) is 0 Å². The van der Waals surface area contributed by atoms with Gasteiger partial charge in [0.15, 0.2) is 0 Å². The van der Waals surface area contributed by atoms with Crippen molar-refractivity contribution in [3.8, 4) is 0 Å². The molecule has 0 spiro atoms. The predicted octanol–water partition coefficient (Wildman–Crippen LogP) is 2.77. The van der Waals surface area contributed by atoms with Crippen molar-refractivity contribution in [2.75, 3.05) is 7.05 Å². The minimum Gasteiger partial charge on any atom is -0.358 e. The fraction of sp³-hybridized carbons (Fsp3) is 0.600. The number of nitrogens with zero attached hydrogens (tertiary/aromatic N) is 1. The zero-order valence-corrected chi connectivity index (χ0v) is 7.46. The summed E-state index contributed by atoms with van der Waals surface area (Å²) >= 11 is 0. The highest BCUT2D eigenvalue weighted by Gasteiger charge is 2.03. The van der Waals surface area contributed by atoms with Gasteiger partial charge in [0, 0.05) is 7.05 Å². The Labute approximate surface area is 69.4 Å². The lowest BCUT2D eigenvalue weighted by atomic mass is 10.0. The Morgan fingerprint density at radius 1 is 1.45 bits per heavy atom. The Kier molecular flexibility index (Phi) is 3.21. The molecule has 1 aliphatic rings. The van der Waals surface area contributed by atoms with Gasteiger partial charge in [0.1, 0.15) is 0 Å². The maximum atomic E-state index is 2.31. The molecule has 0 aromatic rings. The number of hydrogen-bond donors (Lipinski definition) is 0. The summed E-state index contributed by atoms with van der Waals surface area (Å²) in [6.07, 6.45) is 12.6. The van der Waals surface area contributed by atoms with E-state index < -0.39 is 0 Å². The van der Waals surface area contributed by atoms with Crippen LogP contribution in [0, 0.1) is 5.92 Å². The van der Waals surface area contributed by atoms with Gasteiger partial charge < -0.3 is 4.90 Å². The summed E-state index contributed by atoms with van der Waals surface area (Å²) in [5, 5.41) is 0. The van der Waals surface area contributed by atoms with E-state index >= 15 is 0 Å². The van der Waals surface area contributed by atoms with Gasteiger partial charge in [0.05, 0.1) is 0 Å². The monoisotopic (exact) mass is 151 g/mol. The van der Waals surface area contributed by atoms with Gasteiger partial charge in [0.25, 0.3) is 0 Å². The second-order valence-electron chi connectivity index (χ2n) is 3.18. The number of hydrogen-bond acceptors (Lipinski definition) is 1. The van der Waals surface area contributed by atoms with Crippen LogP contribution in [0.25, 0.3) is 0 Å². The Balaban J connectivity index is 2.45. The van der Waals surface area contributed by atoms with E-state index in [-0.39, 0.29) is 0 Å². The molecular formula is C10H17N. The van der Waals surface area contributed by atoms with Gasteiger partial charge in [-0.15, -0.1) is 0 Å². The molecule has 0 amide bonds. The summed E-state index contributed by atoms with van der Waals surface area (Å²) in [4.78, 5) is 2.11. The van der Waals surface area contributed by atoms with Crippen LogP contribution >= 0.6 is 0 Å². The Hall–Kier alpha value is -0.720. The first kappa shape index (κ1) is 8.38. The molecule has 1 heterocycles. The molecular weight excluding hydrogens is 134 g/mol. The van der Waals surface area contributed by atoms with E-state index in [1.165, 1.54) is 19.3 Å². The van der Waals surface area contributed by atoms with Crippen LogP contribution in [0.2, 0.25) is 0 Å². The third-order valence-corrected chi connectivity index (χ3v) is 2.03. The largest absolute Gasteiger partial charge is 0.358 e. The fourth-order valence-electron chi connectivity index (χ4n) is 1.37. The summed E-state index contributed by atoms with van der Waals surface area (Å²) in [6.45, 7) is 2.24. The average molecular weight is 151 g/mol. The highest BCUT2D eigenvalue weighted by molar-refractivity contribution is 5.00. The second-order valence-corrected chi connectivity index (χ2v) is 3.18. The Morgan fingerprint density at radius 3 is 3.00 bits per heavy atom.